The predicted octanol–water partition coefficient (Wildman–Crippen LogP) is 2.37. The third-order valence-electron chi connectivity index (χ3n) is 9.93. The number of likely N-dealkylation sites (N-methyl/N-ethyl adjacent to an activating group) is 2. The number of ether oxygens (including phenoxy) is 1. The minimum atomic E-state index is -1.69. The summed E-state index contributed by atoms with van der Waals surface area (Å²) >= 11 is 0. The molecule has 0 spiro atoms. The van der Waals surface area contributed by atoms with Crippen molar-refractivity contribution in [1.29, 1.82) is 0 Å². The molecule has 2 aromatic carbocycles. The highest BCUT2D eigenvalue weighted by Gasteiger charge is 2.43. The Kier molecular flexibility index (Phi) is 12.8. The number of aliphatic hydroxyl groups is 2. The van der Waals surface area contributed by atoms with Gasteiger partial charge in [-0.25, -0.2) is 24.7 Å². The Bertz CT molecular complexity index is 2900. The molecule has 0 aliphatic carbocycles. The Balaban J connectivity index is 0.000000192. The van der Waals surface area contributed by atoms with Crippen LogP contribution in [0.15, 0.2) is 97.8 Å². The third kappa shape index (κ3) is 9.90. The molecule has 18 nitrogen and oxygen atoms in total. The summed E-state index contributed by atoms with van der Waals surface area (Å²) < 4.78 is 5.11. The summed E-state index contributed by atoms with van der Waals surface area (Å²) in [7, 11) is 3.26. The van der Waals surface area contributed by atoms with E-state index in [0.717, 1.165) is 0 Å². The van der Waals surface area contributed by atoms with E-state index in [4.69, 9.17) is 10.5 Å². The lowest BCUT2D eigenvalue weighted by molar-refractivity contribution is -0.138. The first-order valence-corrected chi connectivity index (χ1v) is 19.8. The van der Waals surface area contributed by atoms with E-state index in [1.54, 1.807) is 81.9 Å². The topological polar surface area (TPSA) is 254 Å². The SMILES string of the molecule is CCOC(=O)c1cc(-c2cnccn2)nc(-c2cccc(C#C[C@]3(O)CCN(C)C3=O)c2)n1.CN1CC[C@@](O)(C#Cc2cccc(-c3nc(C(N)=O)cc(-c4cnccn4)n3)c2)C1=O. The van der Waals surface area contributed by atoms with Gasteiger partial charge >= 0.3 is 5.97 Å². The number of hydrogen-bond acceptors (Lipinski definition) is 15. The lowest BCUT2D eigenvalue weighted by atomic mass is 10.0. The smallest absolute Gasteiger partial charge is 0.357 e. The fraction of sp³-hybridized carbons (Fsp3) is 0.217. The Morgan fingerprint density at radius 1 is 0.688 bits per heavy atom. The molecule has 64 heavy (non-hydrogen) atoms. The number of amides is 3. The number of benzene rings is 2. The van der Waals surface area contributed by atoms with Gasteiger partial charge in [-0.3, -0.25) is 34.3 Å². The summed E-state index contributed by atoms with van der Waals surface area (Å²) in [6, 6.07) is 16.9. The van der Waals surface area contributed by atoms with Crippen LogP contribution in [0.5, 0.6) is 0 Å². The zero-order valence-corrected chi connectivity index (χ0v) is 34.8. The van der Waals surface area contributed by atoms with E-state index in [9.17, 15) is 29.4 Å². The van der Waals surface area contributed by atoms with Crippen LogP contribution in [-0.2, 0) is 14.3 Å². The number of carbonyl (C=O) groups excluding carboxylic acids is 4. The number of primary amides is 1. The number of nitrogens with two attached hydrogens (primary N) is 1. The van der Waals surface area contributed by atoms with Crippen LogP contribution in [0.2, 0.25) is 0 Å². The van der Waals surface area contributed by atoms with Crippen molar-refractivity contribution in [3.63, 3.8) is 0 Å². The van der Waals surface area contributed by atoms with Crippen molar-refractivity contribution in [3.05, 3.63) is 120 Å². The molecule has 0 radical (unpaired) electrons. The average Bonchev–Trinajstić information content (AvgIpc) is 3.74. The molecule has 320 valence electrons. The molecule has 18 heteroatoms. The fourth-order valence-electron chi connectivity index (χ4n) is 6.48. The molecule has 0 saturated carbocycles. The van der Waals surface area contributed by atoms with Crippen molar-refractivity contribution in [1.82, 2.24) is 49.7 Å². The van der Waals surface area contributed by atoms with E-state index in [1.807, 2.05) is 0 Å². The molecule has 2 aliphatic rings. The van der Waals surface area contributed by atoms with Gasteiger partial charge in [-0.2, -0.15) is 0 Å². The summed E-state index contributed by atoms with van der Waals surface area (Å²) in [5.41, 5.74) is 6.26. The quantitative estimate of drug-likeness (QED) is 0.154. The first-order valence-electron chi connectivity index (χ1n) is 19.8. The van der Waals surface area contributed by atoms with Gasteiger partial charge in [-0.15, -0.1) is 0 Å². The van der Waals surface area contributed by atoms with Crippen molar-refractivity contribution in [2.24, 2.45) is 5.73 Å². The Morgan fingerprint density at radius 2 is 1.16 bits per heavy atom. The average molecular weight is 858 g/mol. The molecule has 8 rings (SSSR count). The molecule has 0 unspecified atom stereocenters. The van der Waals surface area contributed by atoms with Crippen LogP contribution >= 0.6 is 0 Å². The Hall–Kier alpha value is -8.32. The van der Waals surface area contributed by atoms with Crippen LogP contribution in [0.1, 0.15) is 51.9 Å². The van der Waals surface area contributed by atoms with Crippen LogP contribution in [0.3, 0.4) is 0 Å². The second-order valence-corrected chi connectivity index (χ2v) is 14.5. The Morgan fingerprint density at radius 3 is 1.56 bits per heavy atom. The second kappa shape index (κ2) is 18.7. The van der Waals surface area contributed by atoms with Crippen LogP contribution in [0.4, 0.5) is 0 Å². The third-order valence-corrected chi connectivity index (χ3v) is 9.93. The molecule has 6 aromatic rings. The molecule has 6 heterocycles. The maximum absolute atomic E-state index is 12.4. The van der Waals surface area contributed by atoms with Crippen molar-refractivity contribution in [3.8, 4) is 69.2 Å². The minimum absolute atomic E-state index is 0.0380. The maximum atomic E-state index is 12.4. The van der Waals surface area contributed by atoms with Crippen LogP contribution in [0.25, 0.3) is 45.6 Å². The van der Waals surface area contributed by atoms with E-state index >= 15 is 0 Å². The first kappa shape index (κ1) is 43.8. The van der Waals surface area contributed by atoms with Gasteiger partial charge in [0.2, 0.25) is 11.2 Å². The highest BCUT2D eigenvalue weighted by molar-refractivity contribution is 5.93. The van der Waals surface area contributed by atoms with E-state index in [1.165, 1.54) is 46.7 Å². The van der Waals surface area contributed by atoms with Gasteiger partial charge < -0.3 is 30.5 Å². The number of aromatic nitrogens is 8. The zero-order valence-electron chi connectivity index (χ0n) is 34.8. The lowest BCUT2D eigenvalue weighted by Gasteiger charge is -2.13. The molecular weight excluding hydrogens is 819 g/mol. The summed E-state index contributed by atoms with van der Waals surface area (Å²) in [4.78, 5) is 85.5. The van der Waals surface area contributed by atoms with Crippen LogP contribution < -0.4 is 5.73 Å². The van der Waals surface area contributed by atoms with Gasteiger partial charge in [-0.05, 0) is 43.3 Å². The first-order chi connectivity index (χ1) is 30.7. The fourth-order valence-corrected chi connectivity index (χ4v) is 6.48. The van der Waals surface area contributed by atoms with Gasteiger partial charge in [0.15, 0.2) is 17.3 Å². The number of esters is 1. The van der Waals surface area contributed by atoms with Gasteiger partial charge in [0.25, 0.3) is 17.7 Å². The minimum Gasteiger partial charge on any atom is -0.461 e. The number of rotatable bonds is 7. The van der Waals surface area contributed by atoms with E-state index in [2.05, 4.69) is 63.6 Å². The standard InChI is InChI=1S/C24H21N5O4.C22H18N6O3/c1-3-33-22(30)19-14-18(20-15-25-10-11-26-20)27-21(28-19)17-6-4-5-16(13-17)7-8-24(32)9-12-29(2)23(24)31;1-28-10-7-22(31,21(28)30)6-5-14-3-2-4-15(11-14)20-26-16(12-17(27-20)19(23)29)18-13-24-8-9-25-18/h4-6,10-11,13-15,32H,3,9,12H2,1-2H3;2-4,8-9,11-13,31H,7,10H2,1H3,(H2,23,29)/t24-;22-/m00/s1. The molecular formula is C46H39N11O7. The largest absolute Gasteiger partial charge is 0.461 e. The number of nitrogens with zero attached hydrogens (tertiary/aromatic N) is 10. The molecule has 4 aromatic heterocycles. The Labute approximate surface area is 366 Å². The predicted molar refractivity (Wildman–Crippen MR) is 230 cm³/mol. The highest BCUT2D eigenvalue weighted by atomic mass is 16.5. The zero-order chi connectivity index (χ0) is 45.4. The van der Waals surface area contributed by atoms with Crippen molar-refractivity contribution < 1.29 is 34.1 Å². The monoisotopic (exact) mass is 857 g/mol. The normalized spacial score (nSPS) is 17.6. The molecule has 3 amide bonds. The van der Waals surface area contributed by atoms with Crippen LogP contribution in [-0.4, -0.2) is 129 Å². The highest BCUT2D eigenvalue weighted by Crippen LogP contribution is 2.26. The van der Waals surface area contributed by atoms with Gasteiger partial charge in [0.05, 0.1) is 30.4 Å². The van der Waals surface area contributed by atoms with Gasteiger partial charge in [0, 0.05) is 87.1 Å². The molecule has 2 aliphatic heterocycles. The van der Waals surface area contributed by atoms with Gasteiger partial charge in [0.1, 0.15) is 17.1 Å². The molecule has 2 fully saturated rings. The van der Waals surface area contributed by atoms with Crippen molar-refractivity contribution >= 4 is 23.7 Å². The van der Waals surface area contributed by atoms with E-state index in [-0.39, 0.29) is 42.5 Å². The van der Waals surface area contributed by atoms with Crippen molar-refractivity contribution in [2.45, 2.75) is 31.0 Å². The van der Waals surface area contributed by atoms with E-state index < -0.39 is 34.9 Å². The number of hydrogen-bond donors (Lipinski definition) is 3. The summed E-state index contributed by atoms with van der Waals surface area (Å²) in [6.07, 6.45) is 9.69. The maximum Gasteiger partial charge on any atom is 0.357 e. The van der Waals surface area contributed by atoms with Gasteiger partial charge in [-0.1, -0.05) is 47.9 Å². The molecule has 0 bridgehead atoms. The molecule has 2 saturated heterocycles. The molecule has 2 atom stereocenters. The molecule has 4 N–H and O–H groups in total. The van der Waals surface area contributed by atoms with Crippen LogP contribution in [0, 0.1) is 23.7 Å². The second-order valence-electron chi connectivity index (χ2n) is 14.5. The number of carbonyl (C=O) groups is 4. The van der Waals surface area contributed by atoms with E-state index in [0.29, 0.717) is 58.1 Å². The lowest BCUT2D eigenvalue weighted by Crippen LogP contribution is -2.37. The summed E-state index contributed by atoms with van der Waals surface area (Å²) in [5.74, 6) is 9.55. The summed E-state index contributed by atoms with van der Waals surface area (Å²) in [5, 5.41) is 21.0. The number of likely N-dealkylation sites (tertiary alicyclic amines) is 2. The van der Waals surface area contributed by atoms with Crippen molar-refractivity contribution in [2.75, 3.05) is 33.8 Å². The summed E-state index contributed by atoms with van der Waals surface area (Å²) in [6.45, 7) is 2.82.